The van der Waals surface area contributed by atoms with Crippen LogP contribution in [0.3, 0.4) is 0 Å². The van der Waals surface area contributed by atoms with Crippen LogP contribution in [-0.2, 0) is 0 Å². The predicted molar refractivity (Wildman–Crippen MR) is 92.1 cm³/mol. The van der Waals surface area contributed by atoms with Gasteiger partial charge >= 0.3 is 0 Å². The molecule has 2 amide bonds. The van der Waals surface area contributed by atoms with E-state index in [0.29, 0.717) is 29.5 Å². The Morgan fingerprint density at radius 1 is 1.29 bits per heavy atom. The van der Waals surface area contributed by atoms with Crippen LogP contribution in [0.1, 0.15) is 54.2 Å². The standard InChI is InChI=1S/C18H24N4O2/c1-3-9-19-17(23)15-14-6-4-5-10-22(14)16(20-15)18(24)21-11-7-13(2)8-12-21/h4-6,10,13H,3,7-9,11-12H2,1-2H3,(H,19,23). The fourth-order valence-corrected chi connectivity index (χ4v) is 3.03. The van der Waals surface area contributed by atoms with E-state index in [9.17, 15) is 9.59 Å². The van der Waals surface area contributed by atoms with Crippen LogP contribution in [0.15, 0.2) is 24.4 Å². The van der Waals surface area contributed by atoms with E-state index < -0.39 is 0 Å². The number of fused-ring (bicyclic) bond motifs is 1. The summed E-state index contributed by atoms with van der Waals surface area (Å²) in [6, 6.07) is 5.52. The van der Waals surface area contributed by atoms with Crippen LogP contribution in [0.25, 0.3) is 5.52 Å². The molecule has 0 bridgehead atoms. The molecular formula is C18H24N4O2. The molecule has 0 spiro atoms. The summed E-state index contributed by atoms with van der Waals surface area (Å²) in [5.74, 6) is 0.646. The third-order valence-electron chi connectivity index (χ3n) is 4.56. The number of nitrogens with one attached hydrogen (secondary N) is 1. The van der Waals surface area contributed by atoms with Crippen molar-refractivity contribution in [1.82, 2.24) is 19.6 Å². The summed E-state index contributed by atoms with van der Waals surface area (Å²) in [5.41, 5.74) is 0.984. The minimum atomic E-state index is -0.230. The van der Waals surface area contributed by atoms with E-state index in [4.69, 9.17) is 0 Å². The molecule has 3 rings (SSSR count). The molecule has 1 aliphatic rings. The zero-order chi connectivity index (χ0) is 17.1. The van der Waals surface area contributed by atoms with Crippen molar-refractivity contribution >= 4 is 17.3 Å². The lowest BCUT2D eigenvalue weighted by atomic mass is 9.99. The predicted octanol–water partition coefficient (Wildman–Crippen LogP) is 2.35. The number of hydrogen-bond donors (Lipinski definition) is 1. The Hall–Kier alpha value is -2.37. The van der Waals surface area contributed by atoms with Crippen molar-refractivity contribution in [2.75, 3.05) is 19.6 Å². The Balaban J connectivity index is 1.93. The van der Waals surface area contributed by atoms with Gasteiger partial charge in [-0.1, -0.05) is 19.9 Å². The Labute approximate surface area is 141 Å². The molecule has 1 saturated heterocycles. The van der Waals surface area contributed by atoms with Crippen LogP contribution >= 0.6 is 0 Å². The van der Waals surface area contributed by atoms with E-state index >= 15 is 0 Å². The minimum absolute atomic E-state index is 0.0994. The highest BCUT2D eigenvalue weighted by Crippen LogP contribution is 2.20. The fraction of sp³-hybridized carbons (Fsp3) is 0.500. The average molecular weight is 328 g/mol. The summed E-state index contributed by atoms with van der Waals surface area (Å²) >= 11 is 0. The molecule has 2 aromatic rings. The van der Waals surface area contributed by atoms with E-state index in [0.717, 1.165) is 32.4 Å². The first-order valence-electron chi connectivity index (χ1n) is 8.66. The van der Waals surface area contributed by atoms with Crippen LogP contribution in [0.5, 0.6) is 0 Å². The van der Waals surface area contributed by atoms with Crippen LogP contribution in [0, 0.1) is 5.92 Å². The number of pyridine rings is 1. The van der Waals surface area contributed by atoms with Crippen LogP contribution in [0.2, 0.25) is 0 Å². The minimum Gasteiger partial charge on any atom is -0.351 e. The number of nitrogens with zero attached hydrogens (tertiary/aromatic N) is 3. The van der Waals surface area contributed by atoms with Gasteiger partial charge in [0.25, 0.3) is 11.8 Å². The molecule has 0 aliphatic carbocycles. The average Bonchev–Trinajstić information content (AvgIpc) is 2.99. The van der Waals surface area contributed by atoms with Crippen molar-refractivity contribution in [2.24, 2.45) is 5.92 Å². The van der Waals surface area contributed by atoms with Gasteiger partial charge in [0.05, 0.1) is 5.52 Å². The van der Waals surface area contributed by atoms with E-state index in [1.54, 1.807) is 10.6 Å². The van der Waals surface area contributed by atoms with Gasteiger partial charge < -0.3 is 10.2 Å². The van der Waals surface area contributed by atoms with Gasteiger partial charge in [-0.05, 0) is 37.3 Å². The van der Waals surface area contributed by atoms with Crippen molar-refractivity contribution in [3.63, 3.8) is 0 Å². The highest BCUT2D eigenvalue weighted by Gasteiger charge is 2.27. The summed E-state index contributed by atoms with van der Waals surface area (Å²) in [7, 11) is 0. The summed E-state index contributed by atoms with van der Waals surface area (Å²) in [4.78, 5) is 31.5. The normalized spacial score (nSPS) is 15.7. The molecule has 2 aromatic heterocycles. The van der Waals surface area contributed by atoms with Gasteiger partial charge in [0.15, 0.2) is 5.69 Å². The first-order valence-corrected chi connectivity index (χ1v) is 8.66. The summed E-state index contributed by atoms with van der Waals surface area (Å²) in [5, 5.41) is 2.84. The quantitative estimate of drug-likeness (QED) is 0.937. The maximum absolute atomic E-state index is 12.9. The Kier molecular flexibility index (Phi) is 4.83. The largest absolute Gasteiger partial charge is 0.351 e. The van der Waals surface area contributed by atoms with Gasteiger partial charge in [0.2, 0.25) is 5.82 Å². The zero-order valence-electron chi connectivity index (χ0n) is 14.3. The number of aromatic nitrogens is 2. The zero-order valence-corrected chi connectivity index (χ0v) is 14.3. The smallest absolute Gasteiger partial charge is 0.290 e. The monoisotopic (exact) mass is 328 g/mol. The molecule has 24 heavy (non-hydrogen) atoms. The van der Waals surface area contributed by atoms with Gasteiger partial charge in [-0.2, -0.15) is 0 Å². The van der Waals surface area contributed by atoms with Crippen molar-refractivity contribution in [3.05, 3.63) is 35.9 Å². The lowest BCUT2D eigenvalue weighted by Crippen LogP contribution is -2.38. The van der Waals surface area contributed by atoms with Gasteiger partial charge in [0, 0.05) is 25.8 Å². The number of amides is 2. The molecule has 0 aromatic carbocycles. The molecule has 128 valence electrons. The lowest BCUT2D eigenvalue weighted by Gasteiger charge is -2.29. The van der Waals surface area contributed by atoms with E-state index in [1.165, 1.54) is 0 Å². The molecule has 1 N–H and O–H groups in total. The van der Waals surface area contributed by atoms with Crippen molar-refractivity contribution in [2.45, 2.75) is 33.1 Å². The second-order valence-electron chi connectivity index (χ2n) is 6.47. The number of piperidine rings is 1. The van der Waals surface area contributed by atoms with Gasteiger partial charge in [-0.3, -0.25) is 14.0 Å². The molecule has 6 heteroatoms. The van der Waals surface area contributed by atoms with Crippen LogP contribution < -0.4 is 5.32 Å². The Morgan fingerprint density at radius 3 is 2.75 bits per heavy atom. The maximum Gasteiger partial charge on any atom is 0.290 e. The molecule has 1 aliphatic heterocycles. The fourth-order valence-electron chi connectivity index (χ4n) is 3.03. The summed E-state index contributed by atoms with van der Waals surface area (Å²) in [6.45, 7) is 6.30. The molecular weight excluding hydrogens is 304 g/mol. The van der Waals surface area contributed by atoms with E-state index in [1.807, 2.05) is 30.0 Å². The van der Waals surface area contributed by atoms with Gasteiger partial charge in [-0.25, -0.2) is 4.98 Å². The molecule has 0 saturated carbocycles. The van der Waals surface area contributed by atoms with E-state index in [-0.39, 0.29) is 11.8 Å². The van der Waals surface area contributed by atoms with E-state index in [2.05, 4.69) is 17.2 Å². The maximum atomic E-state index is 12.9. The van der Waals surface area contributed by atoms with Crippen LogP contribution in [-0.4, -0.2) is 45.7 Å². The highest BCUT2D eigenvalue weighted by molar-refractivity contribution is 6.02. The van der Waals surface area contributed by atoms with Crippen LogP contribution in [0.4, 0.5) is 0 Å². The molecule has 6 nitrogen and oxygen atoms in total. The molecule has 0 unspecified atom stereocenters. The molecule has 1 fully saturated rings. The first-order chi connectivity index (χ1) is 11.6. The number of carbonyl (C=O) groups excluding carboxylic acids is 2. The number of rotatable bonds is 4. The number of carbonyl (C=O) groups is 2. The summed E-state index contributed by atoms with van der Waals surface area (Å²) in [6.07, 6.45) is 4.67. The first kappa shape index (κ1) is 16.5. The molecule has 3 heterocycles. The summed E-state index contributed by atoms with van der Waals surface area (Å²) < 4.78 is 1.72. The SMILES string of the molecule is CCCNC(=O)c1nc(C(=O)N2CCC(C)CC2)n2ccccc12. The molecule has 0 radical (unpaired) electrons. The third kappa shape index (κ3) is 3.13. The number of likely N-dealkylation sites (tertiary alicyclic amines) is 1. The van der Waals surface area contributed by atoms with Crippen molar-refractivity contribution < 1.29 is 9.59 Å². The molecule has 0 atom stereocenters. The highest BCUT2D eigenvalue weighted by atomic mass is 16.2. The van der Waals surface area contributed by atoms with Gasteiger partial charge in [-0.15, -0.1) is 0 Å². The second-order valence-corrected chi connectivity index (χ2v) is 6.47. The number of imidazole rings is 1. The Bertz CT molecular complexity index is 745. The number of hydrogen-bond acceptors (Lipinski definition) is 3. The lowest BCUT2D eigenvalue weighted by molar-refractivity contribution is 0.0684. The second kappa shape index (κ2) is 7.03. The topological polar surface area (TPSA) is 66.7 Å². The third-order valence-corrected chi connectivity index (χ3v) is 4.56. The Morgan fingerprint density at radius 2 is 2.04 bits per heavy atom. The van der Waals surface area contributed by atoms with Gasteiger partial charge in [0.1, 0.15) is 0 Å². The van der Waals surface area contributed by atoms with Crippen molar-refractivity contribution in [1.29, 1.82) is 0 Å². The van der Waals surface area contributed by atoms with Crippen molar-refractivity contribution in [3.8, 4) is 0 Å².